The minimum atomic E-state index is -1.06. The van der Waals surface area contributed by atoms with Gasteiger partial charge in [-0.2, -0.15) is 0 Å². The van der Waals surface area contributed by atoms with Crippen LogP contribution in [0.3, 0.4) is 0 Å². The zero-order valence-corrected chi connectivity index (χ0v) is 13.6. The van der Waals surface area contributed by atoms with Crippen LogP contribution >= 0.6 is 15.9 Å². The van der Waals surface area contributed by atoms with Crippen molar-refractivity contribution < 1.29 is 19.1 Å². The minimum absolute atomic E-state index is 0.132. The fourth-order valence-electron chi connectivity index (χ4n) is 2.01. The van der Waals surface area contributed by atoms with Gasteiger partial charge in [0.15, 0.2) is 5.76 Å². The molecule has 1 amide bonds. The van der Waals surface area contributed by atoms with Gasteiger partial charge >= 0.3 is 5.97 Å². The van der Waals surface area contributed by atoms with Crippen molar-refractivity contribution >= 4 is 38.8 Å². The van der Waals surface area contributed by atoms with Crippen LogP contribution in [0.4, 0.5) is 0 Å². The number of carboxylic acids is 1. The highest BCUT2D eigenvalue weighted by Gasteiger charge is 2.31. The molecule has 112 valence electrons. The van der Waals surface area contributed by atoms with E-state index in [4.69, 9.17) is 9.52 Å². The summed E-state index contributed by atoms with van der Waals surface area (Å²) in [7, 11) is 0. The molecule has 1 aromatic carbocycles. The number of aliphatic carboxylic acids is 1. The summed E-state index contributed by atoms with van der Waals surface area (Å²) >= 11 is 3.36. The van der Waals surface area contributed by atoms with Crippen molar-refractivity contribution in [3.05, 3.63) is 34.5 Å². The van der Waals surface area contributed by atoms with Gasteiger partial charge in [0.25, 0.3) is 5.91 Å². The first kappa shape index (κ1) is 15.6. The number of hydrogen-bond donors (Lipinski definition) is 1. The Hall–Kier alpha value is -1.82. The average Bonchev–Trinajstić information content (AvgIpc) is 2.79. The highest BCUT2D eigenvalue weighted by atomic mass is 79.9. The molecule has 0 atom stereocenters. The fourth-order valence-corrected chi connectivity index (χ4v) is 2.48. The Morgan fingerprint density at radius 2 is 2.00 bits per heavy atom. The lowest BCUT2D eigenvalue weighted by atomic mass is 10.1. The standard InChI is InChI=1S/C15H16BrNO4/c1-15(2,3)17(8-12(18)19)14(20)11-7-9-5-4-6-10(16)13(9)21-11/h4-7H,8H2,1-3H3,(H,18,19). The molecule has 0 saturated carbocycles. The van der Waals surface area contributed by atoms with E-state index in [0.717, 1.165) is 9.86 Å². The summed E-state index contributed by atoms with van der Waals surface area (Å²) in [6.45, 7) is 4.98. The fraction of sp³-hybridized carbons (Fsp3) is 0.333. The summed E-state index contributed by atoms with van der Waals surface area (Å²) in [5.41, 5.74) is -0.0453. The number of carbonyl (C=O) groups is 2. The monoisotopic (exact) mass is 353 g/mol. The molecule has 1 heterocycles. The number of fused-ring (bicyclic) bond motifs is 1. The topological polar surface area (TPSA) is 70.8 Å². The van der Waals surface area contributed by atoms with E-state index >= 15 is 0 Å². The predicted molar refractivity (Wildman–Crippen MR) is 82.3 cm³/mol. The summed E-state index contributed by atoms with van der Waals surface area (Å²) in [6.07, 6.45) is 0. The third kappa shape index (κ3) is 3.26. The molecular weight excluding hydrogens is 338 g/mol. The van der Waals surface area contributed by atoms with Gasteiger partial charge in [0, 0.05) is 10.9 Å². The maximum absolute atomic E-state index is 12.6. The van der Waals surface area contributed by atoms with Crippen molar-refractivity contribution in [2.24, 2.45) is 0 Å². The summed E-state index contributed by atoms with van der Waals surface area (Å²) in [5, 5.41) is 9.78. The third-order valence-corrected chi connectivity index (χ3v) is 3.68. The number of rotatable bonds is 3. The first-order valence-corrected chi connectivity index (χ1v) is 7.21. The van der Waals surface area contributed by atoms with Crippen LogP contribution in [-0.4, -0.2) is 34.0 Å². The van der Waals surface area contributed by atoms with Gasteiger partial charge in [0.1, 0.15) is 12.1 Å². The molecule has 5 nitrogen and oxygen atoms in total. The number of nitrogens with zero attached hydrogens (tertiary/aromatic N) is 1. The molecular formula is C15H16BrNO4. The number of hydrogen-bond acceptors (Lipinski definition) is 3. The summed E-state index contributed by atoms with van der Waals surface area (Å²) in [4.78, 5) is 24.8. The summed E-state index contributed by atoms with van der Waals surface area (Å²) in [6, 6.07) is 7.12. The van der Waals surface area contributed by atoms with Crippen molar-refractivity contribution in [3.8, 4) is 0 Å². The summed E-state index contributed by atoms with van der Waals surface area (Å²) in [5.74, 6) is -1.36. The summed E-state index contributed by atoms with van der Waals surface area (Å²) < 4.78 is 6.34. The maximum Gasteiger partial charge on any atom is 0.323 e. The largest absolute Gasteiger partial charge is 0.480 e. The molecule has 0 aliphatic heterocycles. The zero-order chi connectivity index (χ0) is 15.8. The first-order valence-electron chi connectivity index (χ1n) is 6.42. The van der Waals surface area contributed by atoms with Crippen LogP contribution in [-0.2, 0) is 4.79 Å². The SMILES string of the molecule is CC(C)(C)N(CC(=O)O)C(=O)c1cc2cccc(Br)c2o1. The molecule has 0 unspecified atom stereocenters. The maximum atomic E-state index is 12.6. The Labute approximate surface area is 130 Å². The van der Waals surface area contributed by atoms with Crippen molar-refractivity contribution in [2.45, 2.75) is 26.3 Å². The van der Waals surface area contributed by atoms with E-state index in [-0.39, 0.29) is 12.3 Å². The van der Waals surface area contributed by atoms with Gasteiger partial charge in [-0.05, 0) is 48.8 Å². The highest BCUT2D eigenvalue weighted by Crippen LogP contribution is 2.28. The molecule has 0 saturated heterocycles. The van der Waals surface area contributed by atoms with Gasteiger partial charge in [-0.1, -0.05) is 12.1 Å². The van der Waals surface area contributed by atoms with Crippen LogP contribution in [0, 0.1) is 0 Å². The molecule has 1 aromatic heterocycles. The Morgan fingerprint density at radius 3 is 2.52 bits per heavy atom. The lowest BCUT2D eigenvalue weighted by molar-refractivity contribution is -0.138. The van der Waals surface area contributed by atoms with Gasteiger partial charge in [0.05, 0.1) is 4.47 Å². The molecule has 0 aliphatic rings. The van der Waals surface area contributed by atoms with E-state index in [1.54, 1.807) is 26.8 Å². The van der Waals surface area contributed by atoms with Crippen molar-refractivity contribution in [2.75, 3.05) is 6.54 Å². The minimum Gasteiger partial charge on any atom is -0.480 e. The smallest absolute Gasteiger partial charge is 0.323 e. The first-order chi connectivity index (χ1) is 9.70. The Kier molecular flexibility index (Phi) is 4.09. The number of furan rings is 1. The van der Waals surface area contributed by atoms with E-state index in [9.17, 15) is 9.59 Å². The molecule has 0 bridgehead atoms. The van der Waals surface area contributed by atoms with Crippen LogP contribution in [0.2, 0.25) is 0 Å². The lowest BCUT2D eigenvalue weighted by Crippen LogP contribution is -2.48. The van der Waals surface area contributed by atoms with Crippen LogP contribution in [0.25, 0.3) is 11.0 Å². The molecule has 0 fully saturated rings. The van der Waals surface area contributed by atoms with Crippen LogP contribution in [0.15, 0.2) is 33.2 Å². The van der Waals surface area contributed by atoms with E-state index < -0.39 is 17.4 Å². The molecule has 0 radical (unpaired) electrons. The van der Waals surface area contributed by atoms with Gasteiger partial charge < -0.3 is 14.4 Å². The second-order valence-electron chi connectivity index (χ2n) is 5.72. The molecule has 6 heteroatoms. The van der Waals surface area contributed by atoms with Crippen molar-refractivity contribution in [3.63, 3.8) is 0 Å². The van der Waals surface area contributed by atoms with Crippen LogP contribution < -0.4 is 0 Å². The van der Waals surface area contributed by atoms with E-state index in [1.807, 2.05) is 18.2 Å². The van der Waals surface area contributed by atoms with Crippen molar-refractivity contribution in [1.82, 2.24) is 4.90 Å². The molecule has 0 aliphatic carbocycles. The van der Waals surface area contributed by atoms with E-state index in [2.05, 4.69) is 15.9 Å². The molecule has 2 rings (SSSR count). The second-order valence-corrected chi connectivity index (χ2v) is 6.58. The number of carbonyl (C=O) groups excluding carboxylic acids is 1. The molecule has 2 aromatic rings. The average molecular weight is 354 g/mol. The van der Waals surface area contributed by atoms with Crippen LogP contribution in [0.5, 0.6) is 0 Å². The lowest BCUT2D eigenvalue weighted by Gasteiger charge is -2.33. The highest BCUT2D eigenvalue weighted by molar-refractivity contribution is 9.10. The Morgan fingerprint density at radius 1 is 1.33 bits per heavy atom. The third-order valence-electron chi connectivity index (χ3n) is 3.06. The quantitative estimate of drug-likeness (QED) is 0.916. The number of halogens is 1. The van der Waals surface area contributed by atoms with Crippen molar-refractivity contribution in [1.29, 1.82) is 0 Å². The number of para-hydroxylation sites is 1. The molecule has 1 N–H and O–H groups in total. The zero-order valence-electron chi connectivity index (χ0n) is 12.0. The van der Waals surface area contributed by atoms with Crippen LogP contribution in [0.1, 0.15) is 31.3 Å². The molecule has 0 spiro atoms. The number of carboxylic acid groups (broad SMARTS) is 1. The van der Waals surface area contributed by atoms with Gasteiger partial charge in [-0.15, -0.1) is 0 Å². The van der Waals surface area contributed by atoms with Gasteiger partial charge in [-0.25, -0.2) is 0 Å². The predicted octanol–water partition coefficient (Wildman–Crippen LogP) is 3.52. The van der Waals surface area contributed by atoms with E-state index in [1.165, 1.54) is 4.90 Å². The number of amides is 1. The Balaban J connectivity index is 2.43. The van der Waals surface area contributed by atoms with Gasteiger partial charge in [0.2, 0.25) is 0 Å². The number of benzene rings is 1. The normalized spacial score (nSPS) is 11.6. The molecule has 21 heavy (non-hydrogen) atoms. The second kappa shape index (κ2) is 5.52. The Bertz CT molecular complexity index is 699. The van der Waals surface area contributed by atoms with E-state index in [0.29, 0.717) is 5.58 Å². The van der Waals surface area contributed by atoms with Gasteiger partial charge in [-0.3, -0.25) is 9.59 Å².